The van der Waals surface area contributed by atoms with Crippen molar-refractivity contribution in [2.24, 2.45) is 0 Å². The van der Waals surface area contributed by atoms with E-state index in [4.69, 9.17) is 16.3 Å². The number of carbonyl (C=O) groups excluding carboxylic acids is 1. The summed E-state index contributed by atoms with van der Waals surface area (Å²) in [7, 11) is 0. The van der Waals surface area contributed by atoms with Crippen molar-refractivity contribution >= 4 is 34.0 Å². The molecule has 1 aliphatic carbocycles. The van der Waals surface area contributed by atoms with Gasteiger partial charge in [-0.25, -0.2) is 4.98 Å². The summed E-state index contributed by atoms with van der Waals surface area (Å²) in [6.45, 7) is -0.0813. The molecule has 4 nitrogen and oxygen atoms in total. The Kier molecular flexibility index (Phi) is 3.89. The minimum Gasteiger partial charge on any atom is -0.482 e. The quantitative estimate of drug-likeness (QED) is 0.916. The second kappa shape index (κ2) is 5.81. The van der Waals surface area contributed by atoms with Gasteiger partial charge in [0, 0.05) is 11.3 Å². The first kappa shape index (κ1) is 13.4. The number of aromatic nitrogens is 1. The molecule has 3 rings (SSSR count). The van der Waals surface area contributed by atoms with Crippen molar-refractivity contribution < 1.29 is 9.53 Å². The van der Waals surface area contributed by atoms with Crippen LogP contribution >= 0.6 is 22.9 Å². The molecule has 1 aliphatic rings. The van der Waals surface area contributed by atoms with Crippen LogP contribution in [0.4, 0.5) is 5.13 Å². The van der Waals surface area contributed by atoms with Crippen molar-refractivity contribution in [1.82, 2.24) is 4.98 Å². The number of para-hydroxylation sites is 1. The van der Waals surface area contributed by atoms with Gasteiger partial charge in [0.1, 0.15) is 5.75 Å². The first-order chi connectivity index (χ1) is 9.72. The van der Waals surface area contributed by atoms with Gasteiger partial charge in [-0.3, -0.25) is 10.1 Å². The highest BCUT2D eigenvalue weighted by Gasteiger charge is 2.26. The van der Waals surface area contributed by atoms with Gasteiger partial charge >= 0.3 is 0 Å². The molecule has 0 atom stereocenters. The van der Waals surface area contributed by atoms with Gasteiger partial charge in [0.2, 0.25) is 0 Å². The Labute approximate surface area is 125 Å². The van der Waals surface area contributed by atoms with Gasteiger partial charge in [-0.1, -0.05) is 23.7 Å². The normalized spacial score (nSPS) is 14.1. The molecule has 1 aromatic heterocycles. The van der Waals surface area contributed by atoms with E-state index in [1.165, 1.54) is 24.2 Å². The number of halogens is 1. The number of hydrogen-bond donors (Lipinski definition) is 1. The van der Waals surface area contributed by atoms with Crippen LogP contribution in [0.25, 0.3) is 0 Å². The third kappa shape index (κ3) is 3.29. The molecule has 2 aromatic rings. The minimum absolute atomic E-state index is 0.0813. The third-order valence-electron chi connectivity index (χ3n) is 2.96. The van der Waals surface area contributed by atoms with Crippen molar-refractivity contribution in [3.63, 3.8) is 0 Å². The highest BCUT2D eigenvalue weighted by Crippen LogP contribution is 2.40. The monoisotopic (exact) mass is 308 g/mol. The van der Waals surface area contributed by atoms with Crippen LogP contribution in [0.1, 0.15) is 24.5 Å². The van der Waals surface area contributed by atoms with E-state index in [1.54, 1.807) is 12.1 Å². The lowest BCUT2D eigenvalue weighted by atomic mass is 10.3. The summed E-state index contributed by atoms with van der Waals surface area (Å²) in [4.78, 5) is 16.2. The van der Waals surface area contributed by atoms with E-state index < -0.39 is 0 Å². The lowest BCUT2D eigenvalue weighted by molar-refractivity contribution is -0.118. The van der Waals surface area contributed by atoms with E-state index in [2.05, 4.69) is 10.3 Å². The summed E-state index contributed by atoms with van der Waals surface area (Å²) in [6, 6.07) is 7.06. The van der Waals surface area contributed by atoms with Gasteiger partial charge < -0.3 is 4.74 Å². The van der Waals surface area contributed by atoms with Gasteiger partial charge in [0.25, 0.3) is 5.91 Å². The highest BCUT2D eigenvalue weighted by molar-refractivity contribution is 7.13. The summed E-state index contributed by atoms with van der Waals surface area (Å²) in [5.41, 5.74) is 1.08. The lowest BCUT2D eigenvalue weighted by Crippen LogP contribution is -2.20. The van der Waals surface area contributed by atoms with Gasteiger partial charge in [-0.05, 0) is 25.0 Å². The molecule has 0 spiro atoms. The standard InChI is InChI=1S/C14H13ClN2O2S/c15-10-3-1-2-4-12(10)19-7-13(18)17-14-16-11(8-20-14)9-5-6-9/h1-4,8-9H,5-7H2,(H,16,17,18). The van der Waals surface area contributed by atoms with Crippen molar-refractivity contribution in [2.45, 2.75) is 18.8 Å². The number of ether oxygens (including phenoxy) is 1. The van der Waals surface area contributed by atoms with Crippen molar-refractivity contribution in [2.75, 3.05) is 11.9 Å². The number of rotatable bonds is 5. The molecule has 104 valence electrons. The van der Waals surface area contributed by atoms with Crippen molar-refractivity contribution in [3.05, 3.63) is 40.4 Å². The van der Waals surface area contributed by atoms with Crippen LogP contribution in [0.5, 0.6) is 5.75 Å². The second-order valence-corrected chi connectivity index (χ2v) is 5.88. The Balaban J connectivity index is 1.52. The Hall–Kier alpha value is -1.59. The summed E-state index contributed by atoms with van der Waals surface area (Å²) in [5, 5.41) is 5.85. The zero-order valence-corrected chi connectivity index (χ0v) is 12.2. The van der Waals surface area contributed by atoms with Crippen LogP contribution in [0.15, 0.2) is 29.6 Å². The molecule has 1 heterocycles. The number of amides is 1. The maximum atomic E-state index is 11.8. The average molecular weight is 309 g/mol. The van der Waals surface area contributed by atoms with Crippen molar-refractivity contribution in [3.8, 4) is 5.75 Å². The minimum atomic E-state index is -0.235. The van der Waals surface area contributed by atoms with Gasteiger partial charge in [0.05, 0.1) is 10.7 Å². The van der Waals surface area contributed by atoms with Crippen molar-refractivity contribution in [1.29, 1.82) is 0 Å². The van der Waals surface area contributed by atoms with Crippen LogP contribution in [0.3, 0.4) is 0 Å². The van der Waals surface area contributed by atoms with Crippen LogP contribution in [0, 0.1) is 0 Å². The zero-order valence-electron chi connectivity index (χ0n) is 10.6. The van der Waals surface area contributed by atoms with E-state index in [1.807, 2.05) is 17.5 Å². The Morgan fingerprint density at radius 1 is 1.45 bits per heavy atom. The molecule has 0 bridgehead atoms. The summed E-state index contributed by atoms with van der Waals surface area (Å²) < 4.78 is 5.37. The van der Waals surface area contributed by atoms with Gasteiger partial charge in [0.15, 0.2) is 11.7 Å². The number of thiazole rings is 1. The fourth-order valence-electron chi connectivity index (χ4n) is 1.77. The van der Waals surface area contributed by atoms with Crippen LogP contribution < -0.4 is 10.1 Å². The molecule has 1 fully saturated rings. The molecule has 0 radical (unpaired) electrons. The fraction of sp³-hybridized carbons (Fsp3) is 0.286. The summed E-state index contributed by atoms with van der Waals surface area (Å²) >= 11 is 7.39. The molecular weight excluding hydrogens is 296 g/mol. The Bertz CT molecular complexity index is 625. The first-order valence-electron chi connectivity index (χ1n) is 6.35. The van der Waals surface area contributed by atoms with E-state index in [0.29, 0.717) is 21.8 Å². The van der Waals surface area contributed by atoms with E-state index in [9.17, 15) is 4.79 Å². The SMILES string of the molecule is O=C(COc1ccccc1Cl)Nc1nc(C2CC2)cs1. The first-order valence-corrected chi connectivity index (χ1v) is 7.61. The predicted molar refractivity (Wildman–Crippen MR) is 79.7 cm³/mol. The highest BCUT2D eigenvalue weighted by atomic mass is 35.5. The molecule has 6 heteroatoms. The number of benzene rings is 1. The van der Waals surface area contributed by atoms with Crippen LogP contribution in [0.2, 0.25) is 5.02 Å². The van der Waals surface area contributed by atoms with E-state index >= 15 is 0 Å². The van der Waals surface area contributed by atoms with Gasteiger partial charge in [-0.15, -0.1) is 11.3 Å². The zero-order chi connectivity index (χ0) is 13.9. The number of nitrogens with zero attached hydrogens (tertiary/aromatic N) is 1. The maximum absolute atomic E-state index is 11.8. The van der Waals surface area contributed by atoms with Gasteiger partial charge in [-0.2, -0.15) is 0 Å². The fourth-order valence-corrected chi connectivity index (χ4v) is 2.77. The second-order valence-electron chi connectivity index (χ2n) is 4.62. The molecule has 20 heavy (non-hydrogen) atoms. The smallest absolute Gasteiger partial charge is 0.264 e. The van der Waals surface area contributed by atoms with E-state index in [0.717, 1.165) is 5.69 Å². The summed E-state index contributed by atoms with van der Waals surface area (Å²) in [5.74, 6) is 0.861. The molecular formula is C14H13ClN2O2S. The number of hydrogen-bond acceptors (Lipinski definition) is 4. The average Bonchev–Trinajstić information content (AvgIpc) is 3.19. The summed E-state index contributed by atoms with van der Waals surface area (Å²) in [6.07, 6.45) is 2.40. The Morgan fingerprint density at radius 2 is 2.25 bits per heavy atom. The van der Waals surface area contributed by atoms with Crippen LogP contribution in [-0.2, 0) is 4.79 Å². The molecule has 1 saturated carbocycles. The van der Waals surface area contributed by atoms with Crippen LogP contribution in [-0.4, -0.2) is 17.5 Å². The molecule has 0 aliphatic heterocycles. The Morgan fingerprint density at radius 3 is 3.00 bits per heavy atom. The topological polar surface area (TPSA) is 51.2 Å². The molecule has 1 aromatic carbocycles. The van der Waals surface area contributed by atoms with E-state index in [-0.39, 0.29) is 12.5 Å². The molecule has 0 unspecified atom stereocenters. The molecule has 1 amide bonds. The third-order valence-corrected chi connectivity index (χ3v) is 4.05. The predicted octanol–water partition coefficient (Wildman–Crippen LogP) is 3.69. The largest absolute Gasteiger partial charge is 0.482 e. The maximum Gasteiger partial charge on any atom is 0.264 e. The number of carbonyl (C=O) groups is 1. The number of nitrogens with one attached hydrogen (secondary N) is 1. The number of anilines is 1. The lowest BCUT2D eigenvalue weighted by Gasteiger charge is -2.06. The molecule has 0 saturated heterocycles. The molecule has 1 N–H and O–H groups in total.